The highest BCUT2D eigenvalue weighted by atomic mass is 16.5. The minimum absolute atomic E-state index is 0.778. The molecule has 0 bridgehead atoms. The number of ether oxygens (including phenoxy) is 2. The fourth-order valence-electron chi connectivity index (χ4n) is 4.89. The number of benzene rings is 3. The van der Waals surface area contributed by atoms with E-state index in [0.29, 0.717) is 0 Å². The van der Waals surface area contributed by atoms with Gasteiger partial charge in [0.2, 0.25) is 0 Å². The number of hydrogen-bond donors (Lipinski definition) is 0. The van der Waals surface area contributed by atoms with Crippen molar-refractivity contribution in [3.05, 3.63) is 47.5 Å². The van der Waals surface area contributed by atoms with Crippen LogP contribution in [0.4, 0.5) is 0 Å². The van der Waals surface area contributed by atoms with E-state index in [1.165, 1.54) is 48.3 Å². The summed E-state index contributed by atoms with van der Waals surface area (Å²) in [6.07, 6.45) is 6.70. The van der Waals surface area contributed by atoms with Crippen LogP contribution < -0.4 is 9.47 Å². The van der Waals surface area contributed by atoms with Gasteiger partial charge in [0.1, 0.15) is 11.5 Å². The first kappa shape index (κ1) is 15.1. The van der Waals surface area contributed by atoms with E-state index >= 15 is 0 Å². The molecule has 1 unspecified atom stereocenters. The third-order valence-electron chi connectivity index (χ3n) is 6.20. The summed E-state index contributed by atoms with van der Waals surface area (Å²) in [6.45, 7) is 0. The van der Waals surface area contributed by atoms with Crippen LogP contribution in [0.15, 0.2) is 36.4 Å². The minimum atomic E-state index is 0.778. The quantitative estimate of drug-likeness (QED) is 0.561. The molecule has 0 radical (unpaired) electrons. The molecule has 0 N–H and O–H groups in total. The number of rotatable bonds is 3. The second-order valence-corrected chi connectivity index (χ2v) is 7.53. The summed E-state index contributed by atoms with van der Waals surface area (Å²) in [7, 11) is 3.49. The van der Waals surface area contributed by atoms with Gasteiger partial charge in [0.15, 0.2) is 0 Å². The molecule has 0 amide bonds. The largest absolute Gasteiger partial charge is 0.496 e. The highest BCUT2D eigenvalue weighted by Crippen LogP contribution is 2.50. The van der Waals surface area contributed by atoms with E-state index in [1.54, 1.807) is 25.3 Å². The number of fused-ring (bicyclic) bond motifs is 5. The van der Waals surface area contributed by atoms with Crippen LogP contribution in [0.2, 0.25) is 0 Å². The molecule has 2 nitrogen and oxygen atoms in total. The van der Waals surface area contributed by atoms with Crippen LogP contribution in [0.5, 0.6) is 11.5 Å². The highest BCUT2D eigenvalue weighted by Gasteiger charge is 2.35. The smallest absolute Gasteiger partial charge is 0.131 e. The van der Waals surface area contributed by atoms with Gasteiger partial charge in [-0.25, -0.2) is 0 Å². The maximum atomic E-state index is 5.78. The Morgan fingerprint density at radius 1 is 0.840 bits per heavy atom. The van der Waals surface area contributed by atoms with Gasteiger partial charge in [-0.2, -0.15) is 0 Å². The lowest BCUT2D eigenvalue weighted by molar-refractivity contribution is 0.405. The van der Waals surface area contributed by atoms with Crippen LogP contribution in [0.25, 0.3) is 21.5 Å². The van der Waals surface area contributed by atoms with E-state index in [-0.39, 0.29) is 0 Å². The molecule has 0 saturated heterocycles. The molecule has 1 saturated carbocycles. The third kappa shape index (κ3) is 2.23. The molecule has 0 aliphatic heterocycles. The van der Waals surface area contributed by atoms with Crippen LogP contribution in [-0.2, 0) is 6.42 Å². The van der Waals surface area contributed by atoms with Crippen molar-refractivity contribution < 1.29 is 9.47 Å². The van der Waals surface area contributed by atoms with E-state index in [1.807, 2.05) is 6.07 Å². The van der Waals surface area contributed by atoms with Crippen molar-refractivity contribution in [3.8, 4) is 11.5 Å². The normalized spacial score (nSPS) is 19.8. The van der Waals surface area contributed by atoms with E-state index in [2.05, 4.69) is 30.3 Å². The van der Waals surface area contributed by atoms with Crippen molar-refractivity contribution in [2.45, 2.75) is 38.0 Å². The lowest BCUT2D eigenvalue weighted by Gasteiger charge is -2.27. The van der Waals surface area contributed by atoms with E-state index < -0.39 is 0 Å². The van der Waals surface area contributed by atoms with Gasteiger partial charge in [0.25, 0.3) is 0 Å². The SMILES string of the molecule is COc1cccc2c1c(OC)cc1c3c(ccc12)C(C1CC1)CCC3. The van der Waals surface area contributed by atoms with Crippen molar-refractivity contribution in [1.82, 2.24) is 0 Å². The summed E-state index contributed by atoms with van der Waals surface area (Å²) in [5, 5.41) is 5.00. The molecule has 3 aromatic rings. The fraction of sp³-hybridized carbons (Fsp3) is 0.391. The van der Waals surface area contributed by atoms with Gasteiger partial charge in [-0.3, -0.25) is 0 Å². The fourth-order valence-corrected chi connectivity index (χ4v) is 4.89. The van der Waals surface area contributed by atoms with Crippen LogP contribution >= 0.6 is 0 Å². The van der Waals surface area contributed by atoms with Crippen LogP contribution in [0, 0.1) is 5.92 Å². The van der Waals surface area contributed by atoms with Crippen LogP contribution in [0.1, 0.15) is 42.7 Å². The first-order chi connectivity index (χ1) is 12.3. The van der Waals surface area contributed by atoms with Crippen molar-refractivity contribution in [2.24, 2.45) is 5.92 Å². The number of aryl methyl sites for hydroxylation is 1. The monoisotopic (exact) mass is 332 g/mol. The zero-order valence-corrected chi connectivity index (χ0v) is 15.0. The standard InChI is InChI=1S/C23H24O2/c1-24-21-8-4-7-19-18-12-11-17-15(14-9-10-14)5-3-6-16(17)20(18)13-22(25-2)23(19)21/h4,7-8,11-15H,3,5-6,9-10H2,1-2H3. The first-order valence-corrected chi connectivity index (χ1v) is 9.41. The Bertz CT molecular complexity index is 969. The lowest BCUT2D eigenvalue weighted by Crippen LogP contribution is -2.12. The van der Waals surface area contributed by atoms with Gasteiger partial charge in [-0.1, -0.05) is 24.3 Å². The number of methoxy groups -OCH3 is 2. The molecule has 0 aromatic heterocycles. The Balaban J connectivity index is 1.84. The Morgan fingerprint density at radius 3 is 2.44 bits per heavy atom. The first-order valence-electron chi connectivity index (χ1n) is 9.41. The molecule has 2 heteroatoms. The Kier molecular flexibility index (Phi) is 3.41. The van der Waals surface area contributed by atoms with E-state index in [0.717, 1.165) is 28.7 Å². The molecule has 128 valence electrons. The topological polar surface area (TPSA) is 18.5 Å². The minimum Gasteiger partial charge on any atom is -0.496 e. The predicted molar refractivity (Wildman–Crippen MR) is 103 cm³/mol. The molecule has 0 heterocycles. The summed E-state index contributed by atoms with van der Waals surface area (Å²) >= 11 is 0. The molecule has 1 fully saturated rings. The highest BCUT2D eigenvalue weighted by molar-refractivity contribution is 6.13. The third-order valence-corrected chi connectivity index (χ3v) is 6.20. The van der Waals surface area contributed by atoms with Gasteiger partial charge < -0.3 is 9.47 Å². The number of hydrogen-bond acceptors (Lipinski definition) is 2. The lowest BCUT2D eigenvalue weighted by atomic mass is 9.77. The molecule has 5 rings (SSSR count). The maximum absolute atomic E-state index is 5.78. The summed E-state index contributed by atoms with van der Waals surface area (Å²) in [5.74, 6) is 3.51. The molecule has 1 atom stereocenters. The summed E-state index contributed by atoms with van der Waals surface area (Å²) < 4.78 is 11.4. The van der Waals surface area contributed by atoms with Crippen molar-refractivity contribution in [3.63, 3.8) is 0 Å². The summed E-state index contributed by atoms with van der Waals surface area (Å²) in [4.78, 5) is 0. The molecular formula is C23H24O2. The Morgan fingerprint density at radius 2 is 1.68 bits per heavy atom. The average Bonchev–Trinajstić information content (AvgIpc) is 3.51. The predicted octanol–water partition coefficient (Wildman–Crippen LogP) is 5.84. The molecule has 25 heavy (non-hydrogen) atoms. The molecular weight excluding hydrogens is 308 g/mol. The van der Waals surface area contributed by atoms with Crippen molar-refractivity contribution >= 4 is 21.5 Å². The van der Waals surface area contributed by atoms with Crippen LogP contribution in [0.3, 0.4) is 0 Å². The Labute approximate surface area is 148 Å². The van der Waals surface area contributed by atoms with E-state index in [9.17, 15) is 0 Å². The van der Waals surface area contributed by atoms with Gasteiger partial charge >= 0.3 is 0 Å². The van der Waals surface area contributed by atoms with Gasteiger partial charge in [-0.15, -0.1) is 0 Å². The zero-order chi connectivity index (χ0) is 17.0. The summed E-state index contributed by atoms with van der Waals surface area (Å²) in [6, 6.07) is 13.3. The van der Waals surface area contributed by atoms with E-state index in [4.69, 9.17) is 9.47 Å². The second-order valence-electron chi connectivity index (χ2n) is 7.53. The van der Waals surface area contributed by atoms with Gasteiger partial charge in [0, 0.05) is 0 Å². The maximum Gasteiger partial charge on any atom is 0.131 e. The summed E-state index contributed by atoms with van der Waals surface area (Å²) in [5.41, 5.74) is 3.16. The molecule has 3 aromatic carbocycles. The zero-order valence-electron chi connectivity index (χ0n) is 15.0. The molecule has 2 aliphatic carbocycles. The molecule has 0 spiro atoms. The molecule has 2 aliphatic rings. The average molecular weight is 332 g/mol. The Hall–Kier alpha value is -2.22. The van der Waals surface area contributed by atoms with Crippen LogP contribution in [-0.4, -0.2) is 14.2 Å². The van der Waals surface area contributed by atoms with Gasteiger partial charge in [0.05, 0.1) is 19.6 Å². The second kappa shape index (κ2) is 5.66. The van der Waals surface area contributed by atoms with Crippen molar-refractivity contribution in [2.75, 3.05) is 14.2 Å². The van der Waals surface area contributed by atoms with Gasteiger partial charge in [-0.05, 0) is 83.4 Å². The van der Waals surface area contributed by atoms with Crippen molar-refractivity contribution in [1.29, 1.82) is 0 Å².